The van der Waals surface area contributed by atoms with E-state index in [1.165, 1.54) is 13.8 Å². The second kappa shape index (κ2) is 8.10. The monoisotopic (exact) mass is 339 g/mol. The highest BCUT2D eigenvalue weighted by Crippen LogP contribution is 2.21. The SMILES string of the molecule is CCc1cccc(NC(=O)c2cc(NC(C)=O)cc(NC(C)=O)c2)c1. The number of hydrogen-bond acceptors (Lipinski definition) is 3. The summed E-state index contributed by atoms with van der Waals surface area (Å²) in [6, 6.07) is 12.3. The van der Waals surface area contributed by atoms with Crippen LogP contribution in [0.3, 0.4) is 0 Å². The summed E-state index contributed by atoms with van der Waals surface area (Å²) in [5, 5.41) is 8.08. The van der Waals surface area contributed by atoms with Crippen LogP contribution < -0.4 is 16.0 Å². The maximum absolute atomic E-state index is 12.6. The smallest absolute Gasteiger partial charge is 0.255 e. The second-order valence-corrected chi connectivity index (χ2v) is 5.67. The molecule has 2 aromatic carbocycles. The van der Waals surface area contributed by atoms with E-state index in [1.54, 1.807) is 18.2 Å². The molecule has 0 fully saturated rings. The number of nitrogens with one attached hydrogen (secondary N) is 3. The van der Waals surface area contributed by atoms with E-state index in [9.17, 15) is 14.4 Å². The van der Waals surface area contributed by atoms with Crippen molar-refractivity contribution in [3.63, 3.8) is 0 Å². The lowest BCUT2D eigenvalue weighted by molar-refractivity contribution is -0.115. The molecule has 0 bridgehead atoms. The highest BCUT2D eigenvalue weighted by Gasteiger charge is 2.11. The Hall–Kier alpha value is -3.15. The number of amides is 3. The first-order valence-corrected chi connectivity index (χ1v) is 7.98. The third-order valence-electron chi connectivity index (χ3n) is 3.43. The van der Waals surface area contributed by atoms with Crippen LogP contribution >= 0.6 is 0 Å². The van der Waals surface area contributed by atoms with Crippen molar-refractivity contribution in [3.8, 4) is 0 Å². The van der Waals surface area contributed by atoms with Gasteiger partial charge in [-0.3, -0.25) is 14.4 Å². The van der Waals surface area contributed by atoms with Crippen molar-refractivity contribution in [3.05, 3.63) is 53.6 Å². The Morgan fingerprint density at radius 1 is 0.800 bits per heavy atom. The van der Waals surface area contributed by atoms with Crippen LogP contribution in [0.1, 0.15) is 36.7 Å². The lowest BCUT2D eigenvalue weighted by atomic mass is 10.1. The molecule has 0 atom stereocenters. The van der Waals surface area contributed by atoms with Gasteiger partial charge < -0.3 is 16.0 Å². The Bertz CT molecular complexity index is 781. The number of benzene rings is 2. The number of carbonyl (C=O) groups is 3. The maximum atomic E-state index is 12.6. The second-order valence-electron chi connectivity index (χ2n) is 5.67. The van der Waals surface area contributed by atoms with E-state index in [-0.39, 0.29) is 17.7 Å². The summed E-state index contributed by atoms with van der Waals surface area (Å²) in [6.07, 6.45) is 0.869. The number of rotatable bonds is 5. The minimum atomic E-state index is -0.327. The van der Waals surface area contributed by atoms with Crippen molar-refractivity contribution < 1.29 is 14.4 Å². The van der Waals surface area contributed by atoms with Crippen molar-refractivity contribution in [2.45, 2.75) is 27.2 Å². The quantitative estimate of drug-likeness (QED) is 0.780. The van der Waals surface area contributed by atoms with Gasteiger partial charge in [0.2, 0.25) is 11.8 Å². The first kappa shape index (κ1) is 18.2. The van der Waals surface area contributed by atoms with Crippen LogP contribution in [-0.4, -0.2) is 17.7 Å². The zero-order chi connectivity index (χ0) is 18.4. The molecule has 2 rings (SSSR count). The number of carbonyl (C=O) groups excluding carboxylic acids is 3. The minimum Gasteiger partial charge on any atom is -0.326 e. The summed E-state index contributed by atoms with van der Waals surface area (Å²) in [7, 11) is 0. The van der Waals surface area contributed by atoms with Gasteiger partial charge in [0.1, 0.15) is 0 Å². The van der Waals surface area contributed by atoms with Gasteiger partial charge in [0.05, 0.1) is 0 Å². The van der Waals surface area contributed by atoms with E-state index < -0.39 is 0 Å². The van der Waals surface area contributed by atoms with Crippen LogP contribution in [0.25, 0.3) is 0 Å². The van der Waals surface area contributed by atoms with Gasteiger partial charge in [-0.15, -0.1) is 0 Å². The molecule has 6 heteroatoms. The van der Waals surface area contributed by atoms with E-state index in [1.807, 2.05) is 31.2 Å². The van der Waals surface area contributed by atoms with E-state index in [2.05, 4.69) is 16.0 Å². The van der Waals surface area contributed by atoms with Crippen LogP contribution in [-0.2, 0) is 16.0 Å². The molecular formula is C19H21N3O3. The van der Waals surface area contributed by atoms with Gasteiger partial charge in [-0.25, -0.2) is 0 Å². The largest absolute Gasteiger partial charge is 0.326 e. The Morgan fingerprint density at radius 2 is 1.40 bits per heavy atom. The van der Waals surface area contributed by atoms with E-state index >= 15 is 0 Å². The summed E-state index contributed by atoms with van der Waals surface area (Å²) in [6.45, 7) is 4.79. The molecule has 0 saturated heterocycles. The molecule has 2 aromatic rings. The van der Waals surface area contributed by atoms with Gasteiger partial charge >= 0.3 is 0 Å². The fraction of sp³-hybridized carbons (Fsp3) is 0.211. The number of anilines is 3. The molecule has 0 saturated carbocycles. The predicted octanol–water partition coefficient (Wildman–Crippen LogP) is 3.42. The van der Waals surface area contributed by atoms with Crippen molar-refractivity contribution in [1.29, 1.82) is 0 Å². The fourth-order valence-electron chi connectivity index (χ4n) is 2.38. The summed E-state index contributed by atoms with van der Waals surface area (Å²) in [5.74, 6) is -0.851. The zero-order valence-electron chi connectivity index (χ0n) is 14.5. The third-order valence-corrected chi connectivity index (χ3v) is 3.43. The van der Waals surface area contributed by atoms with Crippen LogP contribution in [0.2, 0.25) is 0 Å². The molecule has 0 unspecified atom stereocenters. The summed E-state index contributed by atoms with van der Waals surface area (Å²) < 4.78 is 0. The van der Waals surface area contributed by atoms with E-state index in [0.717, 1.165) is 12.0 Å². The Kier molecular flexibility index (Phi) is 5.89. The van der Waals surface area contributed by atoms with Gasteiger partial charge in [-0.05, 0) is 42.3 Å². The normalized spacial score (nSPS) is 10.0. The van der Waals surface area contributed by atoms with Gasteiger partial charge in [-0.2, -0.15) is 0 Å². The molecule has 25 heavy (non-hydrogen) atoms. The van der Waals surface area contributed by atoms with Gasteiger partial charge in [-0.1, -0.05) is 19.1 Å². The molecule has 0 spiro atoms. The first-order chi connectivity index (χ1) is 11.9. The topological polar surface area (TPSA) is 87.3 Å². The Morgan fingerprint density at radius 3 is 1.92 bits per heavy atom. The van der Waals surface area contributed by atoms with Crippen LogP contribution in [0.4, 0.5) is 17.1 Å². The van der Waals surface area contributed by atoms with Crippen molar-refractivity contribution >= 4 is 34.8 Å². The van der Waals surface area contributed by atoms with Crippen molar-refractivity contribution in [1.82, 2.24) is 0 Å². The van der Waals surface area contributed by atoms with Crippen LogP contribution in [0.5, 0.6) is 0 Å². The molecule has 6 nitrogen and oxygen atoms in total. The average Bonchev–Trinajstić information content (AvgIpc) is 2.53. The molecular weight excluding hydrogens is 318 g/mol. The minimum absolute atomic E-state index is 0.262. The zero-order valence-corrected chi connectivity index (χ0v) is 14.5. The summed E-state index contributed by atoms with van der Waals surface area (Å²) in [4.78, 5) is 35.1. The lowest BCUT2D eigenvalue weighted by Gasteiger charge is -2.11. The Labute approximate surface area is 146 Å². The van der Waals surface area contributed by atoms with Crippen molar-refractivity contribution in [2.75, 3.05) is 16.0 Å². The summed E-state index contributed by atoms with van der Waals surface area (Å²) >= 11 is 0. The van der Waals surface area contributed by atoms with E-state index in [0.29, 0.717) is 22.6 Å². The molecule has 0 aliphatic carbocycles. The summed E-state index contributed by atoms with van der Waals surface area (Å²) in [5.41, 5.74) is 3.01. The first-order valence-electron chi connectivity index (χ1n) is 7.98. The molecule has 3 N–H and O–H groups in total. The standard InChI is InChI=1S/C19H21N3O3/c1-4-14-6-5-7-16(8-14)22-19(25)15-9-17(20-12(2)23)11-18(10-15)21-13(3)24/h5-11H,4H2,1-3H3,(H,20,23)(H,21,24)(H,22,25). The number of aryl methyl sites for hydroxylation is 1. The van der Waals surface area contributed by atoms with Crippen LogP contribution in [0, 0.1) is 0 Å². The van der Waals surface area contributed by atoms with Gasteiger partial charge in [0, 0.05) is 36.5 Å². The fourth-order valence-corrected chi connectivity index (χ4v) is 2.38. The van der Waals surface area contributed by atoms with Gasteiger partial charge in [0.25, 0.3) is 5.91 Å². The third kappa shape index (κ3) is 5.46. The molecule has 0 heterocycles. The predicted molar refractivity (Wildman–Crippen MR) is 98.8 cm³/mol. The average molecular weight is 339 g/mol. The molecule has 3 amide bonds. The maximum Gasteiger partial charge on any atom is 0.255 e. The Balaban J connectivity index is 2.29. The molecule has 0 aliphatic heterocycles. The molecule has 0 aromatic heterocycles. The molecule has 0 radical (unpaired) electrons. The highest BCUT2D eigenvalue weighted by atomic mass is 16.2. The number of hydrogen-bond donors (Lipinski definition) is 3. The van der Waals surface area contributed by atoms with Gasteiger partial charge in [0.15, 0.2) is 0 Å². The molecule has 0 aliphatic rings. The highest BCUT2D eigenvalue weighted by molar-refractivity contribution is 6.06. The van der Waals surface area contributed by atoms with Crippen LogP contribution in [0.15, 0.2) is 42.5 Å². The lowest BCUT2D eigenvalue weighted by Crippen LogP contribution is -2.15. The van der Waals surface area contributed by atoms with E-state index in [4.69, 9.17) is 0 Å². The van der Waals surface area contributed by atoms with Crippen molar-refractivity contribution in [2.24, 2.45) is 0 Å². The molecule has 130 valence electrons.